The number of carbonyl (C=O) groups excluding carboxylic acids is 2. The van der Waals surface area contributed by atoms with Crippen molar-refractivity contribution in [3.05, 3.63) is 33.2 Å². The summed E-state index contributed by atoms with van der Waals surface area (Å²) in [6, 6.07) is 1.58. The molecule has 0 radical (unpaired) electrons. The second-order valence-corrected chi connectivity index (χ2v) is 5.96. The second-order valence-electron chi connectivity index (χ2n) is 5.96. The van der Waals surface area contributed by atoms with Crippen molar-refractivity contribution in [1.82, 2.24) is 9.88 Å². The van der Waals surface area contributed by atoms with Crippen molar-refractivity contribution in [2.75, 3.05) is 0 Å². The summed E-state index contributed by atoms with van der Waals surface area (Å²) < 4.78 is 1.98. The highest BCUT2D eigenvalue weighted by atomic mass is 16.2. The van der Waals surface area contributed by atoms with Gasteiger partial charge in [0.1, 0.15) is 5.56 Å². The first kappa shape index (κ1) is 14.0. The average molecular weight is 288 g/mol. The molecule has 1 aromatic heterocycles. The van der Waals surface area contributed by atoms with Gasteiger partial charge in [-0.2, -0.15) is 0 Å². The van der Waals surface area contributed by atoms with Crippen molar-refractivity contribution in [2.24, 2.45) is 5.92 Å². The number of amides is 2. The molecule has 1 fully saturated rings. The van der Waals surface area contributed by atoms with Gasteiger partial charge >= 0.3 is 0 Å². The highest BCUT2D eigenvalue weighted by molar-refractivity contribution is 6.09. The van der Waals surface area contributed by atoms with Crippen molar-refractivity contribution in [1.29, 1.82) is 0 Å². The Morgan fingerprint density at radius 1 is 1.29 bits per heavy atom. The second kappa shape index (κ2) is 5.47. The van der Waals surface area contributed by atoms with Crippen LogP contribution in [0.3, 0.4) is 0 Å². The Morgan fingerprint density at radius 3 is 2.67 bits per heavy atom. The number of imide groups is 1. The molecule has 1 N–H and O–H groups in total. The SMILES string of the molecule is CCn1c(CCC2CCC2)cc(=O)c2c1CC(=O)NC2=O. The monoisotopic (exact) mass is 288 g/mol. The van der Waals surface area contributed by atoms with E-state index in [1.54, 1.807) is 6.07 Å². The van der Waals surface area contributed by atoms with E-state index in [4.69, 9.17) is 0 Å². The van der Waals surface area contributed by atoms with E-state index in [1.165, 1.54) is 19.3 Å². The fraction of sp³-hybridized carbons (Fsp3) is 0.562. The van der Waals surface area contributed by atoms with E-state index in [2.05, 4.69) is 5.32 Å². The molecular formula is C16H20N2O3. The van der Waals surface area contributed by atoms with E-state index in [1.807, 2.05) is 11.5 Å². The first-order chi connectivity index (χ1) is 10.1. The summed E-state index contributed by atoms with van der Waals surface area (Å²) in [5, 5.41) is 2.22. The van der Waals surface area contributed by atoms with Gasteiger partial charge in [0.05, 0.1) is 6.42 Å². The largest absolute Gasteiger partial charge is 0.347 e. The Balaban J connectivity index is 1.99. The quantitative estimate of drug-likeness (QED) is 0.852. The Bertz CT molecular complexity index is 656. The summed E-state index contributed by atoms with van der Waals surface area (Å²) >= 11 is 0. The van der Waals surface area contributed by atoms with Gasteiger partial charge in [0.2, 0.25) is 5.91 Å². The van der Waals surface area contributed by atoms with Crippen molar-refractivity contribution >= 4 is 11.8 Å². The van der Waals surface area contributed by atoms with Crippen LogP contribution in [0.25, 0.3) is 0 Å². The Morgan fingerprint density at radius 2 is 2.05 bits per heavy atom. The summed E-state index contributed by atoms with van der Waals surface area (Å²) in [6.45, 7) is 2.65. The molecule has 1 aromatic rings. The Hall–Kier alpha value is -1.91. The zero-order chi connectivity index (χ0) is 15.0. The number of aromatic nitrogens is 1. The van der Waals surface area contributed by atoms with Gasteiger partial charge in [0.15, 0.2) is 5.43 Å². The average Bonchev–Trinajstić information content (AvgIpc) is 2.36. The van der Waals surface area contributed by atoms with Crippen LogP contribution in [0.2, 0.25) is 0 Å². The molecule has 2 amide bonds. The summed E-state index contributed by atoms with van der Waals surface area (Å²) in [5.41, 5.74) is 1.42. The number of hydrogen-bond acceptors (Lipinski definition) is 3. The lowest BCUT2D eigenvalue weighted by molar-refractivity contribution is -0.119. The third-order valence-corrected chi connectivity index (χ3v) is 4.66. The molecule has 0 saturated heterocycles. The summed E-state index contributed by atoms with van der Waals surface area (Å²) in [7, 11) is 0. The maximum absolute atomic E-state index is 12.2. The first-order valence-corrected chi connectivity index (χ1v) is 7.70. The lowest BCUT2D eigenvalue weighted by Crippen LogP contribution is -2.43. The minimum Gasteiger partial charge on any atom is -0.347 e. The number of rotatable bonds is 4. The zero-order valence-electron chi connectivity index (χ0n) is 12.3. The van der Waals surface area contributed by atoms with Crippen molar-refractivity contribution in [3.8, 4) is 0 Å². The fourth-order valence-electron chi connectivity index (χ4n) is 3.30. The smallest absolute Gasteiger partial charge is 0.263 e. The van der Waals surface area contributed by atoms with E-state index >= 15 is 0 Å². The van der Waals surface area contributed by atoms with Crippen LogP contribution in [-0.4, -0.2) is 16.4 Å². The molecule has 0 spiro atoms. The first-order valence-electron chi connectivity index (χ1n) is 7.70. The molecule has 1 aliphatic heterocycles. The van der Waals surface area contributed by atoms with Gasteiger partial charge < -0.3 is 4.57 Å². The van der Waals surface area contributed by atoms with Gasteiger partial charge in [-0.3, -0.25) is 19.7 Å². The topological polar surface area (TPSA) is 68.2 Å². The van der Waals surface area contributed by atoms with Gasteiger partial charge in [-0.15, -0.1) is 0 Å². The van der Waals surface area contributed by atoms with Crippen LogP contribution in [0.4, 0.5) is 0 Å². The molecule has 3 rings (SSSR count). The van der Waals surface area contributed by atoms with E-state index in [0.29, 0.717) is 12.2 Å². The van der Waals surface area contributed by atoms with Gasteiger partial charge in [-0.1, -0.05) is 19.3 Å². The molecule has 5 nitrogen and oxygen atoms in total. The maximum Gasteiger partial charge on any atom is 0.263 e. The molecule has 2 heterocycles. The van der Waals surface area contributed by atoms with Crippen LogP contribution in [0.5, 0.6) is 0 Å². The predicted molar refractivity (Wildman–Crippen MR) is 78.2 cm³/mol. The van der Waals surface area contributed by atoms with Crippen LogP contribution in [-0.2, 0) is 24.2 Å². The number of carbonyl (C=O) groups is 2. The molecule has 0 bridgehead atoms. The summed E-state index contributed by atoms with van der Waals surface area (Å²) in [5.74, 6) is -0.115. The molecule has 0 aromatic carbocycles. The number of nitrogens with zero attached hydrogens (tertiary/aromatic N) is 1. The number of nitrogens with one attached hydrogen (secondary N) is 1. The number of pyridine rings is 1. The van der Waals surface area contributed by atoms with Crippen molar-refractivity contribution in [2.45, 2.75) is 52.0 Å². The molecular weight excluding hydrogens is 268 g/mol. The van der Waals surface area contributed by atoms with E-state index < -0.39 is 5.91 Å². The van der Waals surface area contributed by atoms with Gasteiger partial charge in [-0.05, 0) is 25.7 Å². The van der Waals surface area contributed by atoms with E-state index in [-0.39, 0.29) is 23.3 Å². The van der Waals surface area contributed by atoms with E-state index in [0.717, 1.165) is 24.5 Å². The van der Waals surface area contributed by atoms with Gasteiger partial charge in [-0.25, -0.2) is 0 Å². The molecule has 5 heteroatoms. The predicted octanol–water partition coefficient (Wildman–Crippen LogP) is 1.41. The summed E-state index contributed by atoms with van der Waals surface area (Å²) in [4.78, 5) is 35.7. The van der Waals surface area contributed by atoms with Gasteiger partial charge in [0.25, 0.3) is 5.91 Å². The highest BCUT2D eigenvalue weighted by Gasteiger charge is 2.28. The minimum absolute atomic E-state index is 0.113. The lowest BCUT2D eigenvalue weighted by Gasteiger charge is -2.27. The number of aryl methyl sites for hydroxylation is 1. The van der Waals surface area contributed by atoms with Crippen LogP contribution >= 0.6 is 0 Å². The van der Waals surface area contributed by atoms with Crippen LogP contribution in [0.1, 0.15) is 54.4 Å². The Kier molecular flexibility index (Phi) is 3.66. The van der Waals surface area contributed by atoms with E-state index in [9.17, 15) is 14.4 Å². The maximum atomic E-state index is 12.2. The van der Waals surface area contributed by atoms with Gasteiger partial charge in [0, 0.05) is 24.0 Å². The fourth-order valence-corrected chi connectivity index (χ4v) is 3.30. The zero-order valence-corrected chi connectivity index (χ0v) is 12.3. The molecule has 0 atom stereocenters. The Labute approximate surface area is 123 Å². The van der Waals surface area contributed by atoms with Crippen LogP contribution < -0.4 is 10.7 Å². The van der Waals surface area contributed by atoms with Crippen LogP contribution in [0, 0.1) is 5.92 Å². The molecule has 112 valence electrons. The third kappa shape index (κ3) is 2.52. The molecule has 0 unspecified atom stereocenters. The molecule has 1 saturated carbocycles. The number of hydrogen-bond donors (Lipinski definition) is 1. The van der Waals surface area contributed by atoms with Crippen molar-refractivity contribution < 1.29 is 9.59 Å². The lowest BCUT2D eigenvalue weighted by atomic mass is 9.81. The third-order valence-electron chi connectivity index (χ3n) is 4.66. The minimum atomic E-state index is -0.556. The highest BCUT2D eigenvalue weighted by Crippen LogP contribution is 2.30. The van der Waals surface area contributed by atoms with Crippen molar-refractivity contribution in [3.63, 3.8) is 0 Å². The normalized spacial score (nSPS) is 18.1. The molecule has 21 heavy (non-hydrogen) atoms. The summed E-state index contributed by atoms with van der Waals surface area (Å²) in [6.07, 6.45) is 5.91. The van der Waals surface area contributed by atoms with Crippen LogP contribution in [0.15, 0.2) is 10.9 Å². The molecule has 2 aliphatic rings. The molecule has 1 aliphatic carbocycles. The standard InChI is InChI=1S/C16H20N2O3/c1-2-18-11(7-6-10-4-3-5-10)8-13(19)15-12(18)9-14(20)17-16(15)21/h8,10H,2-7,9H2,1H3,(H,17,20,21). The number of fused-ring (bicyclic) bond motifs is 1.